The number of benzene rings is 5. The quantitative estimate of drug-likeness (QED) is 0.00568. The van der Waals surface area contributed by atoms with Crippen LogP contribution in [0.5, 0.6) is 0 Å². The first-order valence-corrected chi connectivity index (χ1v) is 45.5. The van der Waals surface area contributed by atoms with Crippen LogP contribution in [0.15, 0.2) is 95.9 Å². The average molecular weight is 2180 g/mol. The number of nitrogens with one attached hydrogen (secondary N) is 12. The third kappa shape index (κ3) is 54.3. The minimum atomic E-state index is -1.40. The Bertz CT molecular complexity index is 5350. The normalized spacial score (nSPS) is 11.5. The highest BCUT2D eigenvalue weighted by atomic mass is 32.2. The van der Waals surface area contributed by atoms with Crippen molar-refractivity contribution in [2.45, 2.75) is 198 Å². The number of likely N-dealkylation sites (N-methyl/N-ethyl adjacent to an activating group) is 2. The van der Waals surface area contributed by atoms with Crippen molar-refractivity contribution in [3.63, 3.8) is 0 Å². The zero-order valence-electron chi connectivity index (χ0n) is 80.5. The summed E-state index contributed by atoms with van der Waals surface area (Å²) in [5, 5.41) is 206. The minimum absolute atomic E-state index is 0.00168. The summed E-state index contributed by atoms with van der Waals surface area (Å²) in [5.41, 5.74) is 2.20. The first-order valence-electron chi connectivity index (χ1n) is 42.6. The summed E-state index contributed by atoms with van der Waals surface area (Å²) in [6.07, 6.45) is 4.61. The number of hydrogen-bond acceptors (Lipinski definition) is 48. The van der Waals surface area contributed by atoms with E-state index in [1.54, 1.807) is 59.3 Å². The van der Waals surface area contributed by atoms with Crippen molar-refractivity contribution in [1.29, 1.82) is 0 Å². The number of rotatable bonds is 58. The number of ketones is 2. The number of carbonyl (C=O) groups excluding carboxylic acids is 6. The zero-order chi connectivity index (χ0) is 115. The van der Waals surface area contributed by atoms with Crippen LogP contribution >= 0.6 is 35.7 Å². The number of hydrogen-bond donors (Lipinski definition) is 12. The molecule has 5 aromatic carbocycles. The van der Waals surface area contributed by atoms with E-state index in [1.165, 1.54) is 64.5 Å². The summed E-state index contributed by atoms with van der Waals surface area (Å²) in [6, 6.07) is 10.3. The maximum atomic E-state index is 13.0. The number of non-ortho nitro benzene ring substituents is 1. The molecule has 820 valence electrons. The van der Waals surface area contributed by atoms with Crippen LogP contribution in [-0.4, -0.2) is 222 Å². The minimum Gasteiger partial charge on any atom is -0.383 e. The molecular weight excluding hydrogens is 2080 g/mol. The summed E-state index contributed by atoms with van der Waals surface area (Å²) < 4.78 is -1.42. The van der Waals surface area contributed by atoms with Gasteiger partial charge in [0.1, 0.15) is 38.0 Å². The third-order valence-electron chi connectivity index (χ3n) is 18.3. The number of carbonyl (C=O) groups is 6. The lowest BCUT2D eigenvalue weighted by molar-refractivity contribution is -0.548. The van der Waals surface area contributed by atoms with Crippen molar-refractivity contribution in [2.75, 3.05) is 67.4 Å². The highest BCUT2D eigenvalue weighted by molar-refractivity contribution is 7.99. The number of nitrogens with zero attached hydrogens (tertiary/aromatic N) is 18. The van der Waals surface area contributed by atoms with E-state index in [2.05, 4.69) is 37.2 Å². The molecule has 0 fully saturated rings. The molecule has 5 rings (SSSR count). The van der Waals surface area contributed by atoms with Gasteiger partial charge in [-0.05, 0) is 123 Å². The predicted octanol–water partition coefficient (Wildman–Crippen LogP) is 8.80. The van der Waals surface area contributed by atoms with Gasteiger partial charge < -0.3 is 37.2 Å². The maximum absolute atomic E-state index is 13.0. The summed E-state index contributed by atoms with van der Waals surface area (Å²) in [5.74, 6) is -4.00. The second kappa shape index (κ2) is 68.3. The van der Waals surface area contributed by atoms with Gasteiger partial charge in [-0.25, -0.2) is 50.6 Å². The van der Waals surface area contributed by atoms with Crippen LogP contribution in [0, 0.1) is 182 Å². The van der Waals surface area contributed by atoms with Crippen LogP contribution in [0.4, 0.5) is 73.9 Å². The van der Waals surface area contributed by atoms with Gasteiger partial charge in [0.05, 0.1) is 73.3 Å². The molecule has 0 bridgehead atoms. The Hall–Kier alpha value is -18.0. The van der Waals surface area contributed by atoms with Crippen LogP contribution in [0.1, 0.15) is 144 Å². The van der Waals surface area contributed by atoms with Crippen molar-refractivity contribution >= 4 is 145 Å². The number of Topliss-reactive ketones (excluding diaryl/α,β-unsaturated/α-hetero) is 2. The fourth-order valence-electron chi connectivity index (χ4n) is 11.7. The van der Waals surface area contributed by atoms with Gasteiger partial charge in [-0.3, -0.25) is 160 Å². The lowest BCUT2D eigenvalue weighted by Gasteiger charge is -2.26. The molecule has 4 amide bonds. The molecule has 5 aromatic rings. The number of nitro groups is 18. The monoisotopic (exact) mass is 2180 g/mol. The Morgan fingerprint density at radius 3 is 1.03 bits per heavy atom. The van der Waals surface area contributed by atoms with Gasteiger partial charge in [0.2, 0.25) is 54.1 Å². The molecule has 0 saturated carbocycles. The van der Waals surface area contributed by atoms with E-state index in [0.717, 1.165) is 54.6 Å². The molecule has 0 aromatic heterocycles. The molecule has 0 heterocycles. The molecule has 0 aliphatic heterocycles. The van der Waals surface area contributed by atoms with Crippen molar-refractivity contribution < 1.29 is 117 Å². The largest absolute Gasteiger partial charge is 0.383 e. The summed E-state index contributed by atoms with van der Waals surface area (Å²) in [6.45, 7) is 13.4. The Morgan fingerprint density at radius 2 is 0.671 bits per heavy atom. The summed E-state index contributed by atoms with van der Waals surface area (Å²) >= 11 is 1.07. The zero-order valence-corrected chi connectivity index (χ0v) is 82.9. The smallest absolute Gasteiger partial charge is 0.299 e. The standard InChI is InChI=1S/C23H28N6O9.C19H20N6O9S.2C8H16N4O5.C7H7N3O4.C5H9N3O5S.C4H8N4O5S/c1-23(2,3)25-22(30)16(24-21-19(28(35)36)13-8-14-20(21)29(37)38)10-6-4-5-9-15-17(26(31)32)11-7-12-18(15)27(33)34;1-19(2,3)21-18(26)11(20-16-12(22(27)28)6-4-7-13(16)23(29)30)10-35-17-14(24(31)32)8-5-9-15(17)25(33)34;1-9-8(13)7(10-12(16)17)5-3-2-4-6-11(14)15;1-2-8(13)7(10-12(16)17)5-3-4-6-9-11(14)15;1-8-6-3-2-5(9(11)12)4-7(6)10(13)14;1-2-5(9)4(6-7(10)11)3-14-8(12)13;1-5-4(9)3(6-7(10)11)2-14-8(12)13/h7-8,11-14,16,24H,4-6,9-10H2,1-3H3,(H,25,30);4-9,11,20H,10H2,1-3H3,(H,21,26);7,10H,2-6H2,1H3,(H,9,13);7,9-10H,2-6H2,1H3;2-4,8H,1H3;4,6H,2-3H2,1H3;3,6H,2H2,1H3,(H,5,9)/t16-;11-;2*7-;;4-;3-/m0000.00/s1. The van der Waals surface area contributed by atoms with Gasteiger partial charge >= 0.3 is 0 Å². The van der Waals surface area contributed by atoms with Crippen LogP contribution in [0.2, 0.25) is 0 Å². The lowest BCUT2D eigenvalue weighted by Crippen LogP contribution is -2.49. The average Bonchev–Trinajstić information content (AvgIpc) is 0.812. The molecule has 72 nitrogen and oxygen atoms in total. The molecule has 12 N–H and O–H groups in total. The van der Waals surface area contributed by atoms with Crippen LogP contribution in [0.25, 0.3) is 0 Å². The van der Waals surface area contributed by atoms with Gasteiger partial charge in [0.15, 0.2) is 71.1 Å². The van der Waals surface area contributed by atoms with E-state index in [1.807, 2.05) is 16.3 Å². The SMILES string of the molecule is CC(C)(C)NC(=O)[C@H](CCCCCc1c([N+](=O)[O-])cccc1[N+](=O)[O-])Nc1c([N+](=O)[O-])cccc1[N+](=O)[O-].CC(C)(C)NC(=O)[C@H](CSc1c([N+](=O)[O-])cccc1[N+](=O)[O-])Nc1c([N+](=O)[O-])cccc1[N+](=O)[O-].CCC(=O)[C@H](CCCCN[N+](=O)[O-])N[N+](=O)[O-].CCC(=O)[C@H](CS[N+](=O)[O-])N[N+](=O)[O-].CNC(=O)[C@H](CCCCC[N+](=O)[O-])N[N+](=O)[O-].CNC(=O)[C@H](CS[N+](=O)[O-])N[N+](=O)[O-].CNc1ccc([N+](=O)[O-])cc1[N+](=O)[O-]. The fourth-order valence-corrected chi connectivity index (χ4v) is 13.9. The van der Waals surface area contributed by atoms with Gasteiger partial charge in [-0.2, -0.15) is 0 Å². The molecular formula is C74H104N30O42S3. The van der Waals surface area contributed by atoms with Gasteiger partial charge in [-0.1, -0.05) is 33.1 Å². The van der Waals surface area contributed by atoms with Crippen molar-refractivity contribution in [3.05, 3.63) is 279 Å². The number of thioether (sulfide) groups is 1. The molecule has 0 spiro atoms. The predicted molar refractivity (Wildman–Crippen MR) is 524 cm³/mol. The Balaban J connectivity index is 0. The van der Waals surface area contributed by atoms with E-state index in [4.69, 9.17) is 0 Å². The van der Waals surface area contributed by atoms with E-state index < -0.39 is 216 Å². The van der Waals surface area contributed by atoms with Gasteiger partial charge in [-0.15, -0.1) is 38.9 Å². The Labute approximate surface area is 850 Å². The topological polar surface area (TPSA) is 1020 Å². The third-order valence-corrected chi connectivity index (χ3v) is 20.9. The van der Waals surface area contributed by atoms with Crippen molar-refractivity contribution in [3.8, 4) is 0 Å². The molecule has 75 heteroatoms. The number of unbranched alkanes of at least 4 members (excludes halogenated alkanes) is 5. The maximum Gasteiger partial charge on any atom is 0.299 e. The molecule has 0 radical (unpaired) electrons. The molecule has 149 heavy (non-hydrogen) atoms. The number of hydrazine groups is 5. The number of anilines is 3. The summed E-state index contributed by atoms with van der Waals surface area (Å²) in [7, 11) is 4.19. The van der Waals surface area contributed by atoms with Crippen molar-refractivity contribution in [1.82, 2.24) is 48.4 Å². The summed E-state index contributed by atoms with van der Waals surface area (Å²) in [4.78, 5) is 255. The van der Waals surface area contributed by atoms with Crippen LogP contribution < -0.4 is 64.3 Å². The first kappa shape index (κ1) is 133. The number of amides is 4. The highest BCUT2D eigenvalue weighted by Gasteiger charge is 2.37. The first-order chi connectivity index (χ1) is 69.4. The highest BCUT2D eigenvalue weighted by Crippen LogP contribution is 2.41. The lowest BCUT2D eigenvalue weighted by atomic mass is 10.00. The molecule has 0 aliphatic carbocycles. The fraction of sp³-hybridized carbons (Fsp3) is 0.514. The Kier molecular flexibility index (Phi) is 60.9. The van der Waals surface area contributed by atoms with Crippen LogP contribution in [-0.2, 0) is 35.2 Å². The van der Waals surface area contributed by atoms with E-state index in [0.29, 0.717) is 69.5 Å². The molecule has 0 unspecified atom stereocenters. The number of para-hydroxylation sites is 2. The van der Waals surface area contributed by atoms with E-state index >= 15 is 0 Å². The second-order valence-electron chi connectivity index (χ2n) is 31.3. The van der Waals surface area contributed by atoms with Gasteiger partial charge in [0, 0.05) is 117 Å². The van der Waals surface area contributed by atoms with E-state index in [-0.39, 0.29) is 125 Å². The van der Waals surface area contributed by atoms with Crippen molar-refractivity contribution in [2.24, 2.45) is 0 Å². The molecule has 0 saturated heterocycles. The second-order valence-corrected chi connectivity index (χ2v) is 34.1. The van der Waals surface area contributed by atoms with E-state index in [9.17, 15) is 211 Å². The van der Waals surface area contributed by atoms with Crippen LogP contribution in [0.3, 0.4) is 0 Å². The number of nitro benzene ring substituents is 10. The van der Waals surface area contributed by atoms with Gasteiger partial charge in [0.25, 0.3) is 56.9 Å². The molecule has 6 atom stereocenters. The molecule has 0 aliphatic rings. The Morgan fingerprint density at radius 1 is 0.336 bits per heavy atom.